The van der Waals surface area contributed by atoms with Crippen molar-refractivity contribution in [3.8, 4) is 11.5 Å². The molecule has 1 heterocycles. The van der Waals surface area contributed by atoms with Crippen LogP contribution in [0.15, 0.2) is 48.5 Å². The zero-order valence-corrected chi connectivity index (χ0v) is 12.9. The standard InChI is InChI=1S/C19H18O3/c1-12(20)14-9-15-16(13-7-5-4-6-8-13)11-19(2,3)22-18(15)10-17(14)21/h4-11,21H,1-3H3. The van der Waals surface area contributed by atoms with Gasteiger partial charge in [-0.2, -0.15) is 0 Å². The molecule has 2 aromatic carbocycles. The van der Waals surface area contributed by atoms with Gasteiger partial charge in [0.1, 0.15) is 17.1 Å². The monoisotopic (exact) mass is 294 g/mol. The quantitative estimate of drug-likeness (QED) is 0.844. The third-order valence-corrected chi connectivity index (χ3v) is 3.72. The molecule has 0 unspecified atom stereocenters. The van der Waals surface area contributed by atoms with E-state index >= 15 is 0 Å². The largest absolute Gasteiger partial charge is 0.507 e. The smallest absolute Gasteiger partial charge is 0.163 e. The van der Waals surface area contributed by atoms with E-state index in [4.69, 9.17) is 4.74 Å². The van der Waals surface area contributed by atoms with Crippen LogP contribution in [0.5, 0.6) is 11.5 Å². The summed E-state index contributed by atoms with van der Waals surface area (Å²) in [6.07, 6.45) is 2.05. The number of Topliss-reactive ketones (excluding diaryl/α,β-unsaturated/α-hetero) is 1. The van der Waals surface area contributed by atoms with Crippen LogP contribution >= 0.6 is 0 Å². The number of ether oxygens (including phenoxy) is 1. The van der Waals surface area contributed by atoms with Crippen LogP contribution in [0.4, 0.5) is 0 Å². The Kier molecular flexibility index (Phi) is 3.28. The Labute approximate surface area is 129 Å². The Morgan fingerprint density at radius 2 is 1.82 bits per heavy atom. The predicted molar refractivity (Wildman–Crippen MR) is 86.3 cm³/mol. The minimum absolute atomic E-state index is 0.0450. The second-order valence-electron chi connectivity index (χ2n) is 6.05. The van der Waals surface area contributed by atoms with Gasteiger partial charge in [-0.05, 0) is 44.1 Å². The number of aromatic hydroxyl groups is 1. The van der Waals surface area contributed by atoms with Gasteiger partial charge in [-0.15, -0.1) is 0 Å². The van der Waals surface area contributed by atoms with Crippen molar-refractivity contribution in [2.45, 2.75) is 26.4 Å². The fourth-order valence-electron chi connectivity index (χ4n) is 2.74. The fraction of sp³-hybridized carbons (Fsp3) is 0.211. The van der Waals surface area contributed by atoms with Crippen molar-refractivity contribution in [1.82, 2.24) is 0 Å². The molecule has 112 valence electrons. The van der Waals surface area contributed by atoms with Crippen LogP contribution in [0.1, 0.15) is 42.3 Å². The number of hydrogen-bond acceptors (Lipinski definition) is 3. The summed E-state index contributed by atoms with van der Waals surface area (Å²) >= 11 is 0. The van der Waals surface area contributed by atoms with Crippen LogP contribution in [-0.2, 0) is 0 Å². The minimum atomic E-state index is -0.484. The first-order chi connectivity index (χ1) is 10.4. The van der Waals surface area contributed by atoms with E-state index in [1.807, 2.05) is 50.3 Å². The normalized spacial score (nSPS) is 15.5. The lowest BCUT2D eigenvalue weighted by Crippen LogP contribution is -2.29. The Morgan fingerprint density at radius 3 is 2.45 bits per heavy atom. The van der Waals surface area contributed by atoms with Gasteiger partial charge in [0, 0.05) is 11.6 Å². The van der Waals surface area contributed by atoms with Crippen LogP contribution in [0.2, 0.25) is 0 Å². The zero-order chi connectivity index (χ0) is 15.9. The highest BCUT2D eigenvalue weighted by atomic mass is 16.5. The van der Waals surface area contributed by atoms with Crippen LogP contribution in [0.25, 0.3) is 5.57 Å². The van der Waals surface area contributed by atoms with E-state index in [1.54, 1.807) is 6.07 Å². The molecule has 1 N–H and O–H groups in total. The summed E-state index contributed by atoms with van der Waals surface area (Å²) in [5.41, 5.74) is 2.72. The third kappa shape index (κ3) is 2.50. The molecule has 0 fully saturated rings. The van der Waals surface area contributed by atoms with E-state index in [1.165, 1.54) is 13.0 Å². The van der Waals surface area contributed by atoms with E-state index in [0.717, 1.165) is 16.7 Å². The molecule has 3 rings (SSSR count). The molecule has 0 saturated carbocycles. The second kappa shape index (κ2) is 5.02. The molecule has 0 radical (unpaired) electrons. The van der Waals surface area contributed by atoms with Crippen molar-refractivity contribution in [3.63, 3.8) is 0 Å². The molecule has 0 aromatic heterocycles. The van der Waals surface area contributed by atoms with E-state index in [0.29, 0.717) is 11.3 Å². The van der Waals surface area contributed by atoms with Crippen molar-refractivity contribution in [2.75, 3.05) is 0 Å². The number of phenolic OH excluding ortho intramolecular Hbond substituents is 1. The lowest BCUT2D eigenvalue weighted by molar-refractivity contribution is 0.101. The molecule has 1 aliphatic rings. The summed E-state index contributed by atoms with van der Waals surface area (Å²) < 4.78 is 5.94. The number of carbonyl (C=O) groups is 1. The summed E-state index contributed by atoms with van der Waals surface area (Å²) in [6.45, 7) is 5.38. The molecule has 3 heteroatoms. The van der Waals surface area contributed by atoms with Crippen molar-refractivity contribution in [2.24, 2.45) is 0 Å². The van der Waals surface area contributed by atoms with Crippen molar-refractivity contribution >= 4 is 11.4 Å². The molecule has 3 nitrogen and oxygen atoms in total. The maximum absolute atomic E-state index is 11.7. The van der Waals surface area contributed by atoms with E-state index in [9.17, 15) is 9.90 Å². The van der Waals surface area contributed by atoms with Gasteiger partial charge in [0.15, 0.2) is 5.78 Å². The molecule has 0 aliphatic carbocycles. The van der Waals surface area contributed by atoms with Gasteiger partial charge in [0.25, 0.3) is 0 Å². The molecule has 2 aromatic rings. The molecular weight excluding hydrogens is 276 g/mol. The number of carbonyl (C=O) groups excluding carboxylic acids is 1. The zero-order valence-electron chi connectivity index (χ0n) is 12.9. The average molecular weight is 294 g/mol. The van der Waals surface area contributed by atoms with Gasteiger partial charge in [-0.3, -0.25) is 4.79 Å². The lowest BCUT2D eigenvalue weighted by Gasteiger charge is -2.31. The first kappa shape index (κ1) is 14.4. The van der Waals surface area contributed by atoms with Crippen LogP contribution in [-0.4, -0.2) is 16.5 Å². The summed E-state index contributed by atoms with van der Waals surface area (Å²) in [6, 6.07) is 13.2. The van der Waals surface area contributed by atoms with E-state index in [2.05, 4.69) is 0 Å². The van der Waals surface area contributed by atoms with Gasteiger partial charge < -0.3 is 9.84 Å². The molecule has 0 saturated heterocycles. The highest BCUT2D eigenvalue weighted by molar-refractivity contribution is 5.99. The fourth-order valence-corrected chi connectivity index (χ4v) is 2.74. The van der Waals surface area contributed by atoms with Gasteiger partial charge in [-0.1, -0.05) is 30.3 Å². The Balaban J connectivity index is 2.25. The molecule has 0 spiro atoms. The van der Waals surface area contributed by atoms with Crippen molar-refractivity contribution in [1.29, 1.82) is 0 Å². The van der Waals surface area contributed by atoms with Crippen LogP contribution in [0.3, 0.4) is 0 Å². The van der Waals surface area contributed by atoms with Gasteiger partial charge in [0.05, 0.1) is 5.56 Å². The van der Waals surface area contributed by atoms with Crippen LogP contribution in [0, 0.1) is 0 Å². The number of benzene rings is 2. The highest BCUT2D eigenvalue weighted by Crippen LogP contribution is 2.42. The molecule has 22 heavy (non-hydrogen) atoms. The summed E-state index contributed by atoms with van der Waals surface area (Å²) in [7, 11) is 0. The summed E-state index contributed by atoms with van der Waals surface area (Å²) in [5.74, 6) is 0.378. The molecule has 0 bridgehead atoms. The third-order valence-electron chi connectivity index (χ3n) is 3.72. The number of phenols is 1. The number of rotatable bonds is 2. The Bertz CT molecular complexity index is 771. The second-order valence-corrected chi connectivity index (χ2v) is 6.05. The van der Waals surface area contributed by atoms with Gasteiger partial charge in [0.2, 0.25) is 0 Å². The summed E-state index contributed by atoms with van der Waals surface area (Å²) in [4.78, 5) is 11.7. The summed E-state index contributed by atoms with van der Waals surface area (Å²) in [5, 5.41) is 10.0. The Hall–Kier alpha value is -2.55. The SMILES string of the molecule is CC(=O)c1cc2c(cc1O)OC(C)(C)C=C2c1ccccc1. The van der Waals surface area contributed by atoms with Crippen molar-refractivity contribution in [3.05, 3.63) is 65.2 Å². The van der Waals surface area contributed by atoms with E-state index < -0.39 is 5.60 Å². The lowest BCUT2D eigenvalue weighted by atomic mass is 9.88. The molecular formula is C19H18O3. The number of fused-ring (bicyclic) bond motifs is 1. The van der Waals surface area contributed by atoms with Gasteiger partial charge in [-0.25, -0.2) is 0 Å². The number of hydrogen-bond donors (Lipinski definition) is 1. The maximum atomic E-state index is 11.7. The maximum Gasteiger partial charge on any atom is 0.163 e. The first-order valence-electron chi connectivity index (χ1n) is 7.23. The van der Waals surface area contributed by atoms with Crippen molar-refractivity contribution < 1.29 is 14.6 Å². The average Bonchev–Trinajstić information content (AvgIpc) is 2.45. The van der Waals surface area contributed by atoms with Gasteiger partial charge >= 0.3 is 0 Å². The minimum Gasteiger partial charge on any atom is -0.507 e. The highest BCUT2D eigenvalue weighted by Gasteiger charge is 2.28. The topological polar surface area (TPSA) is 46.5 Å². The molecule has 0 amide bonds. The number of ketones is 1. The Morgan fingerprint density at radius 1 is 1.14 bits per heavy atom. The van der Waals surface area contributed by atoms with Crippen LogP contribution < -0.4 is 4.74 Å². The predicted octanol–water partition coefficient (Wildman–Crippen LogP) is 4.20. The van der Waals surface area contributed by atoms with E-state index in [-0.39, 0.29) is 11.5 Å². The molecule has 1 aliphatic heterocycles. The molecule has 0 atom stereocenters. The first-order valence-corrected chi connectivity index (χ1v) is 7.23.